The molecule has 0 aliphatic carbocycles. The predicted molar refractivity (Wildman–Crippen MR) is 330 cm³/mol. The molecule has 0 aromatic rings. The van der Waals surface area contributed by atoms with E-state index in [0.29, 0.717) is 19.3 Å². The van der Waals surface area contributed by atoms with Gasteiger partial charge in [0.25, 0.3) is 0 Å². The van der Waals surface area contributed by atoms with Crippen molar-refractivity contribution in [2.45, 2.75) is 401 Å². The van der Waals surface area contributed by atoms with E-state index >= 15 is 0 Å². The molecule has 0 amide bonds. The van der Waals surface area contributed by atoms with Crippen molar-refractivity contribution in [3.8, 4) is 0 Å². The lowest BCUT2D eigenvalue weighted by Crippen LogP contribution is -2.30. The van der Waals surface area contributed by atoms with E-state index in [4.69, 9.17) is 14.2 Å². The fraction of sp³-hybridized carbons (Fsp3) is 0.957. The topological polar surface area (TPSA) is 78.9 Å². The van der Waals surface area contributed by atoms with Crippen LogP contribution in [0.15, 0.2) is 0 Å². The monoisotopic (exact) mass is 1070 g/mol. The first-order valence-electron chi connectivity index (χ1n) is 34.7. The summed E-state index contributed by atoms with van der Waals surface area (Å²) in [6.45, 7) is 13.9. The molecule has 0 saturated heterocycles. The van der Waals surface area contributed by atoms with Crippen molar-refractivity contribution in [1.82, 2.24) is 0 Å². The minimum absolute atomic E-state index is 0.0620. The van der Waals surface area contributed by atoms with Crippen molar-refractivity contribution in [1.29, 1.82) is 0 Å². The van der Waals surface area contributed by atoms with Gasteiger partial charge in [0.2, 0.25) is 0 Å². The molecule has 3 atom stereocenters. The molecule has 6 heteroatoms. The van der Waals surface area contributed by atoms with Crippen LogP contribution >= 0.6 is 0 Å². The Morgan fingerprint density at radius 3 is 0.684 bits per heavy atom. The van der Waals surface area contributed by atoms with Gasteiger partial charge in [-0.15, -0.1) is 0 Å². The molecule has 0 heterocycles. The summed E-state index contributed by atoms with van der Waals surface area (Å²) in [7, 11) is 0. The number of carbonyl (C=O) groups is 3. The van der Waals surface area contributed by atoms with Gasteiger partial charge in [-0.3, -0.25) is 14.4 Å². The lowest BCUT2D eigenvalue weighted by molar-refractivity contribution is -0.167. The Bertz CT molecular complexity index is 1180. The quantitative estimate of drug-likeness (QED) is 0.0343. The summed E-state index contributed by atoms with van der Waals surface area (Å²) < 4.78 is 17.0. The molecule has 76 heavy (non-hydrogen) atoms. The van der Waals surface area contributed by atoms with Gasteiger partial charge in [0.1, 0.15) is 13.2 Å². The summed E-state index contributed by atoms with van der Waals surface area (Å²) in [5, 5.41) is 0. The smallest absolute Gasteiger partial charge is 0.306 e. The highest BCUT2D eigenvalue weighted by atomic mass is 16.6. The Morgan fingerprint density at radius 2 is 0.461 bits per heavy atom. The van der Waals surface area contributed by atoms with E-state index < -0.39 is 6.10 Å². The number of ether oxygens (including phenoxy) is 3. The predicted octanol–water partition coefficient (Wildman–Crippen LogP) is 23.4. The first-order valence-corrected chi connectivity index (χ1v) is 34.7. The van der Waals surface area contributed by atoms with Crippen LogP contribution < -0.4 is 0 Å². The summed E-state index contributed by atoms with van der Waals surface area (Å²) in [6, 6.07) is 0. The Labute approximate surface area is 476 Å². The molecular weight excluding hydrogens is 937 g/mol. The summed E-state index contributed by atoms with van der Waals surface area (Å²) in [6.07, 6.45) is 68.1. The zero-order valence-corrected chi connectivity index (χ0v) is 52.6. The standard InChI is InChI=1S/C70H136O6/c1-7-65(5)57-51-45-39-33-27-21-15-11-9-10-12-16-23-29-35-41-47-53-59-68(71)74-62-67(76-70(73)61-55-49-43-37-31-25-17-13-14-20-26-32-38-44-50-56-64(3)4)63-75-69(72)60-54-48-42-36-30-24-19-18-22-28-34-40-46-52-58-66(6)8-2/h64-67H,7-63H2,1-6H3/t65?,66?,67-/m0/s1. The second-order valence-corrected chi connectivity index (χ2v) is 25.1. The van der Waals surface area contributed by atoms with Crippen molar-refractivity contribution >= 4 is 17.9 Å². The molecule has 0 spiro atoms. The molecule has 0 bridgehead atoms. The molecule has 0 aromatic carbocycles. The average Bonchev–Trinajstić information content (AvgIpc) is 3.41. The number of rotatable bonds is 63. The Balaban J connectivity index is 4.28. The molecule has 0 aromatic heterocycles. The maximum Gasteiger partial charge on any atom is 0.306 e. The van der Waals surface area contributed by atoms with Crippen LogP contribution in [0.1, 0.15) is 395 Å². The van der Waals surface area contributed by atoms with Crippen molar-refractivity contribution in [3.05, 3.63) is 0 Å². The molecule has 6 nitrogen and oxygen atoms in total. The van der Waals surface area contributed by atoms with Gasteiger partial charge in [-0.1, -0.05) is 356 Å². The Morgan fingerprint density at radius 1 is 0.263 bits per heavy atom. The Kier molecular flexibility index (Phi) is 59.8. The van der Waals surface area contributed by atoms with Gasteiger partial charge in [-0.25, -0.2) is 0 Å². The summed E-state index contributed by atoms with van der Waals surface area (Å²) in [5.41, 5.74) is 0. The van der Waals surface area contributed by atoms with Crippen LogP contribution in [-0.2, 0) is 28.6 Å². The number of esters is 3. The van der Waals surface area contributed by atoms with Crippen LogP contribution in [0.3, 0.4) is 0 Å². The number of unbranched alkanes of at least 4 members (excludes halogenated alkanes) is 44. The van der Waals surface area contributed by atoms with Gasteiger partial charge >= 0.3 is 17.9 Å². The second kappa shape index (κ2) is 61.0. The summed E-state index contributed by atoms with van der Waals surface area (Å²) in [4.78, 5) is 38.4. The second-order valence-electron chi connectivity index (χ2n) is 25.1. The van der Waals surface area contributed by atoms with Crippen molar-refractivity contribution in [3.63, 3.8) is 0 Å². The van der Waals surface area contributed by atoms with E-state index in [0.717, 1.165) is 75.5 Å². The van der Waals surface area contributed by atoms with E-state index in [1.54, 1.807) is 0 Å². The number of hydrogen-bond acceptors (Lipinski definition) is 6. The fourth-order valence-corrected chi connectivity index (χ4v) is 10.9. The third kappa shape index (κ3) is 60.1. The number of carbonyl (C=O) groups excluding carboxylic acids is 3. The molecule has 0 fully saturated rings. The zero-order chi connectivity index (χ0) is 55.5. The minimum atomic E-state index is -0.765. The maximum atomic E-state index is 12.9. The highest BCUT2D eigenvalue weighted by Crippen LogP contribution is 2.20. The van der Waals surface area contributed by atoms with E-state index in [1.165, 1.54) is 276 Å². The molecule has 0 radical (unpaired) electrons. The molecule has 0 N–H and O–H groups in total. The highest BCUT2D eigenvalue weighted by Gasteiger charge is 2.20. The average molecular weight is 1070 g/mol. The minimum Gasteiger partial charge on any atom is -0.462 e. The summed E-state index contributed by atoms with van der Waals surface area (Å²) in [5.74, 6) is 1.82. The molecule has 0 saturated carbocycles. The zero-order valence-electron chi connectivity index (χ0n) is 52.6. The molecule has 0 rings (SSSR count). The van der Waals surface area contributed by atoms with Crippen molar-refractivity contribution in [2.75, 3.05) is 13.2 Å². The third-order valence-corrected chi connectivity index (χ3v) is 16.9. The molecule has 452 valence electrons. The fourth-order valence-electron chi connectivity index (χ4n) is 10.9. The van der Waals surface area contributed by atoms with Crippen LogP contribution in [0.4, 0.5) is 0 Å². The van der Waals surface area contributed by atoms with Crippen LogP contribution in [0.5, 0.6) is 0 Å². The lowest BCUT2D eigenvalue weighted by Gasteiger charge is -2.18. The third-order valence-electron chi connectivity index (χ3n) is 16.9. The highest BCUT2D eigenvalue weighted by molar-refractivity contribution is 5.71. The van der Waals surface area contributed by atoms with E-state index in [-0.39, 0.29) is 31.1 Å². The van der Waals surface area contributed by atoms with Gasteiger partial charge in [0, 0.05) is 19.3 Å². The van der Waals surface area contributed by atoms with Crippen LogP contribution in [0.2, 0.25) is 0 Å². The van der Waals surface area contributed by atoms with Crippen LogP contribution in [-0.4, -0.2) is 37.2 Å². The normalized spacial score (nSPS) is 12.8. The van der Waals surface area contributed by atoms with Crippen LogP contribution in [0.25, 0.3) is 0 Å². The van der Waals surface area contributed by atoms with Gasteiger partial charge < -0.3 is 14.2 Å². The Hall–Kier alpha value is -1.59. The molecule has 2 unspecified atom stereocenters. The van der Waals surface area contributed by atoms with Gasteiger partial charge in [0.05, 0.1) is 0 Å². The van der Waals surface area contributed by atoms with E-state index in [9.17, 15) is 14.4 Å². The largest absolute Gasteiger partial charge is 0.462 e. The summed E-state index contributed by atoms with van der Waals surface area (Å²) >= 11 is 0. The van der Waals surface area contributed by atoms with Gasteiger partial charge in [-0.2, -0.15) is 0 Å². The van der Waals surface area contributed by atoms with Gasteiger partial charge in [0.15, 0.2) is 6.10 Å². The SMILES string of the molecule is CCC(C)CCCCCCCCCCCCCCCCCCCCC(=O)OC[C@@H](COC(=O)CCCCCCCCCCCCCCCCC(C)CC)OC(=O)CCCCCCCCCCCCCCCCCC(C)C. The van der Waals surface area contributed by atoms with E-state index in [2.05, 4.69) is 41.5 Å². The van der Waals surface area contributed by atoms with E-state index in [1.807, 2.05) is 0 Å². The van der Waals surface area contributed by atoms with Crippen molar-refractivity contribution < 1.29 is 28.6 Å². The first kappa shape index (κ1) is 74.4. The molecule has 0 aliphatic rings. The first-order chi connectivity index (χ1) is 37.2. The van der Waals surface area contributed by atoms with Gasteiger partial charge in [-0.05, 0) is 37.0 Å². The molecule has 0 aliphatic heterocycles. The number of hydrogen-bond donors (Lipinski definition) is 0. The lowest BCUT2D eigenvalue weighted by atomic mass is 9.99. The molecular formula is C70H136O6. The maximum absolute atomic E-state index is 12.9. The van der Waals surface area contributed by atoms with Crippen molar-refractivity contribution in [2.24, 2.45) is 17.8 Å². The van der Waals surface area contributed by atoms with Crippen LogP contribution in [0, 0.1) is 17.8 Å².